The summed E-state index contributed by atoms with van der Waals surface area (Å²) in [6.07, 6.45) is 2.47. The molecule has 0 amide bonds. The van der Waals surface area contributed by atoms with Crippen LogP contribution in [0.25, 0.3) is 32.8 Å². The second kappa shape index (κ2) is 10.2. The molecule has 4 atom stereocenters. The zero-order valence-corrected chi connectivity index (χ0v) is 24.3. The molecule has 2 bridgehead atoms. The summed E-state index contributed by atoms with van der Waals surface area (Å²) in [5.74, 6) is -2.13. The number of aromatic hydroxyl groups is 1. The normalized spacial score (nSPS) is 26.4. The molecule has 3 aromatic carbocycles. The second-order valence-corrected chi connectivity index (χ2v) is 12.8. The predicted octanol–water partition coefficient (Wildman–Crippen LogP) is 5.64. The Morgan fingerprint density at radius 3 is 2.64 bits per heavy atom. The lowest BCUT2D eigenvalue weighted by Gasteiger charge is -2.48. The zero-order chi connectivity index (χ0) is 30.3. The standard InChI is InChI=1S/C33H33F4N5O2/c1-2-22-25(35)5-4-17-8-21(43)10-23(27(17)22)28-26(36)11-24-30(29(28)37)39-32(40-31(24)41-14-19-9-20(15-41)38-19)44-16-33-6-3-7-42(33)13-18(34)12-33/h4-5,8,10-11,18-20,38,43H,2-3,6-7,9,12-16H2,1H3/t18-,19?,20?,33+/m1/s1. The van der Waals surface area contributed by atoms with E-state index in [0.29, 0.717) is 48.2 Å². The van der Waals surface area contributed by atoms with Crippen molar-refractivity contribution in [1.82, 2.24) is 20.2 Å². The summed E-state index contributed by atoms with van der Waals surface area (Å²) < 4.78 is 68.4. The third-order valence-electron chi connectivity index (χ3n) is 10.1. The van der Waals surface area contributed by atoms with Gasteiger partial charge in [-0.2, -0.15) is 9.97 Å². The van der Waals surface area contributed by atoms with E-state index in [2.05, 4.69) is 20.2 Å². The van der Waals surface area contributed by atoms with Crippen molar-refractivity contribution in [3.63, 3.8) is 0 Å². The van der Waals surface area contributed by atoms with Crippen LogP contribution >= 0.6 is 0 Å². The van der Waals surface area contributed by atoms with Gasteiger partial charge in [-0.15, -0.1) is 0 Å². The maximum absolute atomic E-state index is 16.8. The van der Waals surface area contributed by atoms with Gasteiger partial charge in [0.15, 0.2) is 5.82 Å². The first-order valence-corrected chi connectivity index (χ1v) is 15.4. The van der Waals surface area contributed by atoms with Gasteiger partial charge in [0, 0.05) is 43.5 Å². The van der Waals surface area contributed by atoms with Gasteiger partial charge < -0.3 is 20.1 Å². The molecule has 0 aliphatic carbocycles. The fourth-order valence-corrected chi connectivity index (χ4v) is 8.09. The minimum atomic E-state index is -0.947. The first-order valence-electron chi connectivity index (χ1n) is 15.4. The van der Waals surface area contributed by atoms with Crippen molar-refractivity contribution in [2.75, 3.05) is 37.7 Å². The average Bonchev–Trinajstić information content (AvgIpc) is 3.51. The van der Waals surface area contributed by atoms with E-state index in [1.807, 2.05) is 4.90 Å². The second-order valence-electron chi connectivity index (χ2n) is 12.8. The minimum Gasteiger partial charge on any atom is -0.508 e. The molecule has 2 N–H and O–H groups in total. The molecule has 1 aromatic heterocycles. The van der Waals surface area contributed by atoms with Crippen LogP contribution in [0.5, 0.6) is 11.8 Å². The lowest BCUT2D eigenvalue weighted by molar-refractivity contribution is 0.107. The van der Waals surface area contributed by atoms with E-state index in [-0.39, 0.29) is 53.3 Å². The number of alkyl halides is 1. The van der Waals surface area contributed by atoms with Gasteiger partial charge in [-0.3, -0.25) is 4.90 Å². The molecule has 7 nitrogen and oxygen atoms in total. The molecule has 11 heteroatoms. The van der Waals surface area contributed by atoms with Crippen LogP contribution in [0, 0.1) is 17.5 Å². The largest absolute Gasteiger partial charge is 0.508 e. The van der Waals surface area contributed by atoms with Crippen LogP contribution in [0.4, 0.5) is 23.4 Å². The number of anilines is 1. The highest BCUT2D eigenvalue weighted by atomic mass is 19.1. The molecule has 4 aromatic rings. The van der Waals surface area contributed by atoms with E-state index in [4.69, 9.17) is 4.74 Å². The number of nitrogens with zero attached hydrogens (tertiary/aromatic N) is 4. The Kier molecular flexibility index (Phi) is 6.43. The number of ether oxygens (including phenoxy) is 1. The van der Waals surface area contributed by atoms with E-state index in [1.165, 1.54) is 30.3 Å². The van der Waals surface area contributed by atoms with Crippen LogP contribution in [0.3, 0.4) is 0 Å². The van der Waals surface area contributed by atoms with Crippen molar-refractivity contribution < 1.29 is 27.4 Å². The lowest BCUT2D eigenvalue weighted by atomic mass is 9.90. The first-order chi connectivity index (χ1) is 21.2. The smallest absolute Gasteiger partial charge is 0.319 e. The van der Waals surface area contributed by atoms with Gasteiger partial charge in [-0.25, -0.2) is 17.6 Å². The molecular formula is C33H33F4N5O2. The quantitative estimate of drug-likeness (QED) is 0.275. The number of piperidine rings is 1. The first kappa shape index (κ1) is 27.8. The fourth-order valence-electron chi connectivity index (χ4n) is 8.09. The number of phenolic OH excluding ortho intramolecular Hbond substituents is 1. The van der Waals surface area contributed by atoms with E-state index in [9.17, 15) is 13.9 Å². The van der Waals surface area contributed by atoms with E-state index in [0.717, 1.165) is 25.8 Å². The van der Waals surface area contributed by atoms with Crippen LogP contribution in [0.15, 0.2) is 30.3 Å². The minimum absolute atomic E-state index is 0.0414. The number of nitrogens with one attached hydrogen (secondary N) is 1. The number of hydrogen-bond donors (Lipinski definition) is 2. The molecule has 5 aliphatic rings. The van der Waals surface area contributed by atoms with Gasteiger partial charge in [0.1, 0.15) is 41.5 Å². The van der Waals surface area contributed by atoms with Crippen molar-refractivity contribution in [3.8, 4) is 22.9 Å². The monoisotopic (exact) mass is 607 g/mol. The van der Waals surface area contributed by atoms with Crippen LogP contribution in [0.2, 0.25) is 0 Å². The summed E-state index contributed by atoms with van der Waals surface area (Å²) in [7, 11) is 0. The highest BCUT2D eigenvalue weighted by Crippen LogP contribution is 2.43. The number of piperazine rings is 1. The van der Waals surface area contributed by atoms with E-state index in [1.54, 1.807) is 6.92 Å². The predicted molar refractivity (Wildman–Crippen MR) is 159 cm³/mol. The average molecular weight is 608 g/mol. The fraction of sp³-hybridized carbons (Fsp3) is 0.455. The van der Waals surface area contributed by atoms with Crippen molar-refractivity contribution in [2.45, 2.75) is 62.8 Å². The SMILES string of the molecule is CCc1c(F)ccc2cc(O)cc(-c3c(F)cc4c(N5CC6CC(C5)N6)nc(OC[C@@]56CCCN5C[C@H](F)C6)nc4c3F)c12. The number of phenols is 1. The Balaban J connectivity index is 1.29. The summed E-state index contributed by atoms with van der Waals surface area (Å²) in [6, 6.07) is 7.17. The van der Waals surface area contributed by atoms with Crippen molar-refractivity contribution in [3.05, 3.63) is 53.3 Å². The molecule has 6 heterocycles. The van der Waals surface area contributed by atoms with Crippen molar-refractivity contribution in [1.29, 1.82) is 0 Å². The summed E-state index contributed by atoms with van der Waals surface area (Å²) in [6.45, 7) is 4.33. The molecule has 5 fully saturated rings. The maximum Gasteiger partial charge on any atom is 0.319 e. The van der Waals surface area contributed by atoms with Crippen LogP contribution < -0.4 is 15.0 Å². The van der Waals surface area contributed by atoms with Gasteiger partial charge in [-0.05, 0) is 78.4 Å². The highest BCUT2D eigenvalue weighted by Gasteiger charge is 2.49. The highest BCUT2D eigenvalue weighted by molar-refractivity contribution is 6.03. The Morgan fingerprint density at radius 2 is 1.86 bits per heavy atom. The van der Waals surface area contributed by atoms with Gasteiger partial charge >= 0.3 is 6.01 Å². The van der Waals surface area contributed by atoms with Crippen LogP contribution in [-0.4, -0.2) is 76.6 Å². The molecule has 5 saturated heterocycles. The van der Waals surface area contributed by atoms with E-state index >= 15 is 8.78 Å². The Labute approximate surface area is 251 Å². The van der Waals surface area contributed by atoms with Gasteiger partial charge in [-0.1, -0.05) is 13.0 Å². The summed E-state index contributed by atoms with van der Waals surface area (Å²) in [4.78, 5) is 13.3. The number of rotatable bonds is 6. The molecule has 44 heavy (non-hydrogen) atoms. The van der Waals surface area contributed by atoms with E-state index < -0.39 is 34.7 Å². The molecule has 2 unspecified atom stereocenters. The number of hydrogen-bond acceptors (Lipinski definition) is 7. The zero-order valence-electron chi connectivity index (χ0n) is 24.3. The van der Waals surface area contributed by atoms with Crippen LogP contribution in [0.1, 0.15) is 38.2 Å². The number of aromatic nitrogens is 2. The Bertz CT molecular complexity index is 1810. The lowest BCUT2D eigenvalue weighted by Crippen LogP contribution is -2.67. The third-order valence-corrected chi connectivity index (χ3v) is 10.1. The van der Waals surface area contributed by atoms with Gasteiger partial charge in [0.05, 0.1) is 11.1 Å². The van der Waals surface area contributed by atoms with Crippen LogP contribution in [-0.2, 0) is 6.42 Å². The number of halogens is 4. The van der Waals surface area contributed by atoms with Gasteiger partial charge in [0.25, 0.3) is 0 Å². The molecule has 0 saturated carbocycles. The summed E-state index contributed by atoms with van der Waals surface area (Å²) >= 11 is 0. The topological polar surface area (TPSA) is 73.8 Å². The molecule has 0 radical (unpaired) electrons. The maximum atomic E-state index is 16.8. The van der Waals surface area contributed by atoms with Crippen molar-refractivity contribution >= 4 is 27.5 Å². The number of aryl methyl sites for hydroxylation is 1. The molecule has 9 rings (SSSR count). The van der Waals surface area contributed by atoms with Gasteiger partial charge in [0.2, 0.25) is 0 Å². The molecule has 230 valence electrons. The Morgan fingerprint density at radius 1 is 1.07 bits per heavy atom. The van der Waals surface area contributed by atoms with Crippen molar-refractivity contribution in [2.24, 2.45) is 0 Å². The number of fused-ring (bicyclic) bond motifs is 5. The molecule has 0 spiro atoms. The summed E-state index contributed by atoms with van der Waals surface area (Å²) in [5.41, 5.74) is -0.654. The summed E-state index contributed by atoms with van der Waals surface area (Å²) in [5, 5.41) is 15.0. The number of benzene rings is 3. The Hall–Kier alpha value is -3.70. The third kappa shape index (κ3) is 4.30. The molecular weight excluding hydrogens is 574 g/mol. The molecule has 5 aliphatic heterocycles.